The van der Waals surface area contributed by atoms with Gasteiger partial charge >= 0.3 is 0 Å². The topological polar surface area (TPSA) is 63.9 Å². The Labute approximate surface area is 111 Å². The lowest BCUT2D eigenvalue weighted by molar-refractivity contribution is 0.415. The van der Waals surface area contributed by atoms with Gasteiger partial charge in [-0.3, -0.25) is 5.10 Å². The molecule has 3 N–H and O–H groups in total. The van der Waals surface area contributed by atoms with Crippen LogP contribution in [0.2, 0.25) is 5.02 Å². The third-order valence-corrected chi connectivity index (χ3v) is 3.20. The lowest BCUT2D eigenvalue weighted by Gasteiger charge is -2.10. The monoisotopic (exact) mass is 265 g/mol. The van der Waals surface area contributed by atoms with E-state index in [9.17, 15) is 0 Å². The first-order valence-electron chi connectivity index (χ1n) is 5.74. The number of aromatic nitrogens is 2. The number of hydrogen-bond acceptors (Lipinski definition) is 3. The van der Waals surface area contributed by atoms with Gasteiger partial charge in [0, 0.05) is 5.56 Å². The molecule has 0 saturated carbocycles. The standard InChI is InChI=1S/C13H16ClN3O/c1-8-5-12(18-2)11(14)6-10(8)13-9(3-4-15)7-16-17-13/h5-7H,3-4,15H2,1-2H3,(H,16,17). The van der Waals surface area contributed by atoms with E-state index in [-0.39, 0.29) is 0 Å². The zero-order valence-corrected chi connectivity index (χ0v) is 11.2. The SMILES string of the molecule is COc1cc(C)c(-c2[nH]ncc2CCN)cc1Cl. The van der Waals surface area contributed by atoms with Crippen LogP contribution in [-0.4, -0.2) is 23.9 Å². The number of nitrogens with one attached hydrogen (secondary N) is 1. The molecular formula is C13H16ClN3O. The third kappa shape index (κ3) is 2.35. The van der Waals surface area contributed by atoms with Crippen LogP contribution in [0.4, 0.5) is 0 Å². The van der Waals surface area contributed by atoms with E-state index in [1.54, 1.807) is 13.3 Å². The maximum Gasteiger partial charge on any atom is 0.137 e. The van der Waals surface area contributed by atoms with Gasteiger partial charge < -0.3 is 10.5 Å². The minimum absolute atomic E-state index is 0.589. The molecule has 0 atom stereocenters. The molecule has 2 rings (SSSR count). The number of nitrogens with zero attached hydrogens (tertiary/aromatic N) is 1. The average molecular weight is 266 g/mol. The smallest absolute Gasteiger partial charge is 0.137 e. The number of H-pyrrole nitrogens is 1. The number of halogens is 1. The Morgan fingerprint density at radius 2 is 2.22 bits per heavy atom. The highest BCUT2D eigenvalue weighted by Gasteiger charge is 2.12. The number of nitrogens with two attached hydrogens (primary N) is 1. The summed E-state index contributed by atoms with van der Waals surface area (Å²) in [5.41, 5.74) is 9.78. The Morgan fingerprint density at radius 1 is 1.44 bits per heavy atom. The predicted octanol–water partition coefficient (Wildman–Crippen LogP) is 2.55. The van der Waals surface area contributed by atoms with Crippen LogP contribution in [0.15, 0.2) is 18.3 Å². The van der Waals surface area contributed by atoms with Crippen LogP contribution in [0.1, 0.15) is 11.1 Å². The van der Waals surface area contributed by atoms with E-state index in [0.717, 1.165) is 28.8 Å². The van der Waals surface area contributed by atoms with Crippen LogP contribution in [0, 0.1) is 6.92 Å². The fourth-order valence-corrected chi connectivity index (χ4v) is 2.21. The number of hydrogen-bond donors (Lipinski definition) is 2. The normalized spacial score (nSPS) is 10.7. The summed E-state index contributed by atoms with van der Waals surface area (Å²) in [6, 6.07) is 3.81. The lowest BCUT2D eigenvalue weighted by atomic mass is 10.0. The zero-order chi connectivity index (χ0) is 13.1. The van der Waals surface area contributed by atoms with Crippen molar-refractivity contribution in [2.24, 2.45) is 5.73 Å². The van der Waals surface area contributed by atoms with Crippen molar-refractivity contribution < 1.29 is 4.74 Å². The molecular weight excluding hydrogens is 250 g/mol. The van der Waals surface area contributed by atoms with Crippen LogP contribution in [0.5, 0.6) is 5.75 Å². The van der Waals surface area contributed by atoms with Crippen molar-refractivity contribution in [1.82, 2.24) is 10.2 Å². The van der Waals surface area contributed by atoms with Crippen LogP contribution in [0.25, 0.3) is 11.3 Å². The van der Waals surface area contributed by atoms with Gasteiger partial charge in [0.15, 0.2) is 0 Å². The molecule has 0 saturated heterocycles. The molecule has 96 valence electrons. The van der Waals surface area contributed by atoms with Crippen molar-refractivity contribution in [3.8, 4) is 17.0 Å². The average Bonchev–Trinajstić information content (AvgIpc) is 2.80. The number of benzene rings is 1. The van der Waals surface area contributed by atoms with Crippen LogP contribution in [-0.2, 0) is 6.42 Å². The maximum atomic E-state index is 6.16. The summed E-state index contributed by atoms with van der Waals surface area (Å²) in [5, 5.41) is 7.67. The third-order valence-electron chi connectivity index (χ3n) is 2.90. The first-order valence-corrected chi connectivity index (χ1v) is 6.12. The van der Waals surface area contributed by atoms with E-state index >= 15 is 0 Å². The molecule has 0 bridgehead atoms. The molecule has 1 aromatic carbocycles. The summed E-state index contributed by atoms with van der Waals surface area (Å²) in [7, 11) is 1.61. The molecule has 2 aromatic rings. The maximum absolute atomic E-state index is 6.16. The molecule has 0 spiro atoms. The molecule has 0 aliphatic carbocycles. The Bertz CT molecular complexity index is 551. The van der Waals surface area contributed by atoms with Crippen molar-refractivity contribution in [2.75, 3.05) is 13.7 Å². The number of ether oxygens (including phenoxy) is 1. The van der Waals surface area contributed by atoms with Crippen molar-refractivity contribution in [2.45, 2.75) is 13.3 Å². The summed E-state index contributed by atoms with van der Waals surface area (Å²) < 4.78 is 5.20. The van der Waals surface area contributed by atoms with E-state index in [4.69, 9.17) is 22.1 Å². The van der Waals surface area contributed by atoms with E-state index in [0.29, 0.717) is 17.3 Å². The molecule has 0 aliphatic heterocycles. The quantitative estimate of drug-likeness (QED) is 0.893. The minimum atomic E-state index is 0.589. The number of methoxy groups -OCH3 is 1. The summed E-state index contributed by atoms with van der Waals surface area (Å²) in [4.78, 5) is 0. The summed E-state index contributed by atoms with van der Waals surface area (Å²) >= 11 is 6.16. The molecule has 0 radical (unpaired) electrons. The fourth-order valence-electron chi connectivity index (χ4n) is 1.97. The lowest BCUT2D eigenvalue weighted by Crippen LogP contribution is -2.03. The van der Waals surface area contributed by atoms with Gasteiger partial charge in [-0.15, -0.1) is 0 Å². The van der Waals surface area contributed by atoms with Gasteiger partial charge in [0.2, 0.25) is 0 Å². The van der Waals surface area contributed by atoms with Gasteiger partial charge in [-0.2, -0.15) is 5.10 Å². The second-order valence-electron chi connectivity index (χ2n) is 4.11. The first-order chi connectivity index (χ1) is 8.67. The molecule has 0 aliphatic rings. The van der Waals surface area contributed by atoms with Crippen molar-refractivity contribution >= 4 is 11.6 Å². The number of aryl methyl sites for hydroxylation is 1. The van der Waals surface area contributed by atoms with Crippen LogP contribution >= 0.6 is 11.6 Å². The van der Waals surface area contributed by atoms with E-state index in [1.165, 1.54) is 0 Å². The van der Waals surface area contributed by atoms with Crippen molar-refractivity contribution in [3.05, 3.63) is 34.5 Å². The van der Waals surface area contributed by atoms with Gasteiger partial charge in [0.25, 0.3) is 0 Å². The second-order valence-corrected chi connectivity index (χ2v) is 4.52. The molecule has 0 amide bonds. The van der Waals surface area contributed by atoms with Gasteiger partial charge in [-0.25, -0.2) is 0 Å². The van der Waals surface area contributed by atoms with E-state index < -0.39 is 0 Å². The summed E-state index contributed by atoms with van der Waals surface area (Å²) in [6.07, 6.45) is 2.59. The van der Waals surface area contributed by atoms with E-state index in [2.05, 4.69) is 10.2 Å². The minimum Gasteiger partial charge on any atom is -0.495 e. The highest BCUT2D eigenvalue weighted by Crippen LogP contribution is 2.33. The van der Waals surface area contributed by atoms with Gasteiger partial charge in [0.1, 0.15) is 5.75 Å². The zero-order valence-electron chi connectivity index (χ0n) is 10.5. The van der Waals surface area contributed by atoms with Crippen molar-refractivity contribution in [1.29, 1.82) is 0 Å². The fraction of sp³-hybridized carbons (Fsp3) is 0.308. The molecule has 0 fully saturated rings. The summed E-state index contributed by atoms with van der Waals surface area (Å²) in [5.74, 6) is 0.679. The van der Waals surface area contributed by atoms with Gasteiger partial charge in [-0.05, 0) is 43.1 Å². The van der Waals surface area contributed by atoms with E-state index in [1.807, 2.05) is 19.1 Å². The second kappa shape index (κ2) is 5.42. The Hall–Kier alpha value is -1.52. The highest BCUT2D eigenvalue weighted by molar-refractivity contribution is 6.32. The van der Waals surface area contributed by atoms with Crippen molar-refractivity contribution in [3.63, 3.8) is 0 Å². The molecule has 0 unspecified atom stereocenters. The van der Waals surface area contributed by atoms with Gasteiger partial charge in [0.05, 0.1) is 24.0 Å². The van der Waals surface area contributed by atoms with Crippen LogP contribution < -0.4 is 10.5 Å². The Kier molecular flexibility index (Phi) is 3.89. The molecule has 1 heterocycles. The molecule has 5 heteroatoms. The van der Waals surface area contributed by atoms with Crippen LogP contribution in [0.3, 0.4) is 0 Å². The molecule has 1 aromatic heterocycles. The number of rotatable bonds is 4. The predicted molar refractivity (Wildman–Crippen MR) is 73.1 cm³/mol. The van der Waals surface area contributed by atoms with Gasteiger partial charge in [-0.1, -0.05) is 11.6 Å². The number of aromatic amines is 1. The molecule has 18 heavy (non-hydrogen) atoms. The first kappa shape index (κ1) is 12.9. The largest absolute Gasteiger partial charge is 0.495 e. The summed E-state index contributed by atoms with van der Waals surface area (Å²) in [6.45, 7) is 2.61. The molecule has 4 nitrogen and oxygen atoms in total. The Morgan fingerprint density at radius 3 is 2.89 bits per heavy atom. The highest BCUT2D eigenvalue weighted by atomic mass is 35.5. The Balaban J connectivity index is 2.50.